The molecule has 0 aliphatic carbocycles. The lowest BCUT2D eigenvalue weighted by Crippen LogP contribution is -2.58. The van der Waals surface area contributed by atoms with Crippen molar-refractivity contribution in [3.63, 3.8) is 0 Å². The van der Waals surface area contributed by atoms with E-state index >= 15 is 0 Å². The Labute approximate surface area is 124 Å². The third-order valence-corrected chi connectivity index (χ3v) is 3.25. The molecule has 22 heavy (non-hydrogen) atoms. The second-order valence-electron chi connectivity index (χ2n) is 4.95. The van der Waals surface area contributed by atoms with Gasteiger partial charge in [-0.25, -0.2) is 0 Å². The fourth-order valence-electron chi connectivity index (χ4n) is 2.09. The number of halogens is 3. The SMILES string of the molecule is C[C@H]1O[C@@H](Nc2ccc(OC(F)(F)F)cc2)[C@@H](O)[C@@H](O)[C@@H]1O. The molecule has 0 spiro atoms. The lowest BCUT2D eigenvalue weighted by atomic mass is 9.99. The van der Waals surface area contributed by atoms with Gasteiger partial charge in [-0.3, -0.25) is 0 Å². The molecule has 6 nitrogen and oxygen atoms in total. The van der Waals surface area contributed by atoms with Gasteiger partial charge in [0.15, 0.2) is 6.23 Å². The van der Waals surface area contributed by atoms with E-state index in [1.165, 1.54) is 19.1 Å². The maximum Gasteiger partial charge on any atom is 0.573 e. The van der Waals surface area contributed by atoms with Crippen LogP contribution in [-0.4, -0.2) is 52.3 Å². The fraction of sp³-hybridized carbons (Fsp3) is 0.538. The van der Waals surface area contributed by atoms with Crippen LogP contribution in [0.2, 0.25) is 0 Å². The van der Waals surface area contributed by atoms with E-state index < -0.39 is 37.0 Å². The Morgan fingerprint density at radius 1 is 1.05 bits per heavy atom. The van der Waals surface area contributed by atoms with Crippen molar-refractivity contribution in [2.45, 2.75) is 43.9 Å². The van der Waals surface area contributed by atoms with Crippen molar-refractivity contribution in [3.8, 4) is 5.75 Å². The molecular weight excluding hydrogens is 307 g/mol. The maximum atomic E-state index is 12.0. The Balaban J connectivity index is 2.01. The monoisotopic (exact) mass is 323 g/mol. The molecule has 4 N–H and O–H groups in total. The minimum absolute atomic E-state index is 0.356. The summed E-state index contributed by atoms with van der Waals surface area (Å²) >= 11 is 0. The van der Waals surface area contributed by atoms with E-state index in [0.717, 1.165) is 12.1 Å². The Morgan fingerprint density at radius 2 is 1.64 bits per heavy atom. The summed E-state index contributed by atoms with van der Waals surface area (Å²) in [7, 11) is 0. The molecule has 0 radical (unpaired) electrons. The molecule has 2 rings (SSSR count). The third kappa shape index (κ3) is 4.01. The van der Waals surface area contributed by atoms with E-state index in [2.05, 4.69) is 10.1 Å². The van der Waals surface area contributed by atoms with Crippen molar-refractivity contribution in [1.82, 2.24) is 0 Å². The van der Waals surface area contributed by atoms with E-state index in [0.29, 0.717) is 5.69 Å². The molecule has 1 heterocycles. The second kappa shape index (κ2) is 6.29. The molecule has 1 fully saturated rings. The Hall–Kier alpha value is -1.55. The van der Waals surface area contributed by atoms with E-state index in [1.807, 2.05) is 0 Å². The summed E-state index contributed by atoms with van der Waals surface area (Å²) in [6.07, 6.45) is -10.5. The van der Waals surface area contributed by atoms with Crippen molar-refractivity contribution in [2.24, 2.45) is 0 Å². The average Bonchev–Trinajstić information content (AvgIpc) is 2.43. The van der Waals surface area contributed by atoms with Crippen LogP contribution in [0.1, 0.15) is 6.92 Å². The molecule has 0 aromatic heterocycles. The molecule has 1 saturated heterocycles. The van der Waals surface area contributed by atoms with Gasteiger partial charge in [0.25, 0.3) is 0 Å². The Bertz CT molecular complexity index is 495. The van der Waals surface area contributed by atoms with Crippen molar-refractivity contribution in [3.05, 3.63) is 24.3 Å². The number of hydrogen-bond acceptors (Lipinski definition) is 6. The van der Waals surface area contributed by atoms with Crippen molar-refractivity contribution >= 4 is 5.69 Å². The molecule has 1 aromatic carbocycles. The highest BCUT2D eigenvalue weighted by Gasteiger charge is 2.41. The number of rotatable bonds is 3. The number of aliphatic hydroxyl groups excluding tert-OH is 3. The molecule has 9 heteroatoms. The molecular formula is C13H16F3NO5. The predicted octanol–water partition coefficient (Wildman–Crippen LogP) is 0.825. The first kappa shape index (κ1) is 16.8. The van der Waals surface area contributed by atoms with Crippen LogP contribution in [0.4, 0.5) is 18.9 Å². The van der Waals surface area contributed by atoms with Crippen molar-refractivity contribution in [1.29, 1.82) is 0 Å². The van der Waals surface area contributed by atoms with Crippen LogP contribution in [0, 0.1) is 0 Å². The number of aliphatic hydroxyl groups is 3. The van der Waals surface area contributed by atoms with Gasteiger partial charge in [-0.1, -0.05) is 0 Å². The molecule has 124 valence electrons. The van der Waals surface area contributed by atoms with Gasteiger partial charge >= 0.3 is 6.36 Å². The quantitative estimate of drug-likeness (QED) is 0.658. The first-order chi connectivity index (χ1) is 10.2. The van der Waals surface area contributed by atoms with Gasteiger partial charge in [-0.2, -0.15) is 0 Å². The standard InChI is InChI=1S/C13H16F3NO5/c1-6-9(18)10(19)11(20)12(21-6)17-7-2-4-8(5-3-7)22-13(14,15)16/h2-6,9-12,17-20H,1H3/t6-,9-,10+,11+,12-/m1/s1. The highest BCUT2D eigenvalue weighted by atomic mass is 19.4. The van der Waals surface area contributed by atoms with Crippen LogP contribution in [0.5, 0.6) is 5.75 Å². The largest absolute Gasteiger partial charge is 0.573 e. The topological polar surface area (TPSA) is 91.2 Å². The van der Waals surface area contributed by atoms with E-state index in [1.54, 1.807) is 0 Å². The van der Waals surface area contributed by atoms with Gasteiger partial charge in [0.1, 0.15) is 24.1 Å². The van der Waals surface area contributed by atoms with Crippen LogP contribution < -0.4 is 10.1 Å². The van der Waals surface area contributed by atoms with Gasteiger partial charge in [0.05, 0.1) is 6.10 Å². The van der Waals surface area contributed by atoms with Crippen molar-refractivity contribution < 1.29 is 38.0 Å². The zero-order chi connectivity index (χ0) is 16.5. The maximum absolute atomic E-state index is 12.0. The summed E-state index contributed by atoms with van der Waals surface area (Å²) < 4.78 is 45.2. The summed E-state index contributed by atoms with van der Waals surface area (Å²) in [6, 6.07) is 4.80. The van der Waals surface area contributed by atoms with Crippen LogP contribution in [0.15, 0.2) is 24.3 Å². The lowest BCUT2D eigenvalue weighted by molar-refractivity contribution is -0.274. The van der Waals surface area contributed by atoms with Gasteiger partial charge in [-0.15, -0.1) is 13.2 Å². The average molecular weight is 323 g/mol. The van der Waals surface area contributed by atoms with Crippen LogP contribution in [-0.2, 0) is 4.74 Å². The zero-order valence-electron chi connectivity index (χ0n) is 11.5. The number of ether oxygens (including phenoxy) is 2. The zero-order valence-corrected chi connectivity index (χ0v) is 11.5. The molecule has 5 atom stereocenters. The van der Waals surface area contributed by atoms with E-state index in [4.69, 9.17) is 4.74 Å². The first-order valence-corrected chi connectivity index (χ1v) is 6.49. The molecule has 0 saturated carbocycles. The minimum atomic E-state index is -4.77. The van der Waals surface area contributed by atoms with E-state index in [9.17, 15) is 28.5 Å². The highest BCUT2D eigenvalue weighted by molar-refractivity contribution is 5.47. The Kier molecular flexibility index (Phi) is 4.81. The summed E-state index contributed by atoms with van der Waals surface area (Å²) in [5.74, 6) is -0.382. The molecule has 1 aliphatic heterocycles. The summed E-state index contributed by atoms with van der Waals surface area (Å²) in [6.45, 7) is 1.52. The first-order valence-electron chi connectivity index (χ1n) is 6.49. The Morgan fingerprint density at radius 3 is 2.18 bits per heavy atom. The predicted molar refractivity (Wildman–Crippen MR) is 69.1 cm³/mol. The summed E-state index contributed by atoms with van der Waals surface area (Å²) in [5, 5.41) is 31.8. The smallest absolute Gasteiger partial charge is 0.406 e. The number of alkyl halides is 3. The third-order valence-electron chi connectivity index (χ3n) is 3.25. The van der Waals surface area contributed by atoms with Gasteiger partial charge in [0, 0.05) is 5.69 Å². The molecule has 0 unspecified atom stereocenters. The van der Waals surface area contributed by atoms with Gasteiger partial charge in [-0.05, 0) is 31.2 Å². The van der Waals surface area contributed by atoms with Crippen LogP contribution >= 0.6 is 0 Å². The molecule has 1 aromatic rings. The number of anilines is 1. The summed E-state index contributed by atoms with van der Waals surface area (Å²) in [5.41, 5.74) is 0.356. The van der Waals surface area contributed by atoms with Gasteiger partial charge < -0.3 is 30.1 Å². The molecule has 0 bridgehead atoms. The fourth-order valence-corrected chi connectivity index (χ4v) is 2.09. The lowest BCUT2D eigenvalue weighted by Gasteiger charge is -2.39. The van der Waals surface area contributed by atoms with Crippen LogP contribution in [0.25, 0.3) is 0 Å². The second-order valence-corrected chi connectivity index (χ2v) is 4.95. The molecule has 0 amide bonds. The van der Waals surface area contributed by atoms with Crippen LogP contribution in [0.3, 0.4) is 0 Å². The number of benzene rings is 1. The summed E-state index contributed by atoms with van der Waals surface area (Å²) in [4.78, 5) is 0. The highest BCUT2D eigenvalue weighted by Crippen LogP contribution is 2.26. The van der Waals surface area contributed by atoms with E-state index in [-0.39, 0.29) is 5.75 Å². The number of nitrogens with one attached hydrogen (secondary N) is 1. The normalized spacial score (nSPS) is 32.6. The van der Waals surface area contributed by atoms with Crippen molar-refractivity contribution in [2.75, 3.05) is 5.32 Å². The van der Waals surface area contributed by atoms with Gasteiger partial charge in [0.2, 0.25) is 0 Å². The molecule has 1 aliphatic rings. The number of hydrogen-bond donors (Lipinski definition) is 4. The minimum Gasteiger partial charge on any atom is -0.406 e.